The highest BCUT2D eigenvalue weighted by Crippen LogP contribution is 2.32. The number of hydrogen-bond acceptors (Lipinski definition) is 3. The van der Waals surface area contributed by atoms with Crippen molar-refractivity contribution in [3.05, 3.63) is 119 Å². The predicted octanol–water partition coefficient (Wildman–Crippen LogP) is 7.72. The van der Waals surface area contributed by atoms with Crippen molar-refractivity contribution in [3.8, 4) is 17.0 Å². The van der Waals surface area contributed by atoms with E-state index in [0.717, 1.165) is 82.2 Å². The maximum absolute atomic E-state index is 5.93. The van der Waals surface area contributed by atoms with Crippen molar-refractivity contribution in [1.29, 1.82) is 0 Å². The highest BCUT2D eigenvalue weighted by molar-refractivity contribution is 7.27. The van der Waals surface area contributed by atoms with Gasteiger partial charge in [-0.15, -0.1) is 9.24 Å². The molecule has 0 saturated heterocycles. The number of unbranched alkanes of at least 4 members (excludes halogenated alkanes) is 1. The Morgan fingerprint density at radius 2 is 1.76 bits per heavy atom. The van der Waals surface area contributed by atoms with Crippen LogP contribution in [0, 0.1) is 0 Å². The summed E-state index contributed by atoms with van der Waals surface area (Å²) < 4.78 is 8.44. The zero-order chi connectivity index (χ0) is 28.0. The van der Waals surface area contributed by atoms with Gasteiger partial charge in [0.05, 0.1) is 18.0 Å². The SMILES string of the molecule is CCCCn1c(C2=CCCC=C2)nc(-c2ccc(P)cc2)c1CN(Cc1ccccc1)Cc1ccc2c(c1)OCC2. The minimum absolute atomic E-state index is 0.786. The summed E-state index contributed by atoms with van der Waals surface area (Å²) in [5, 5.41) is 1.18. The Hall–Kier alpha value is -3.46. The van der Waals surface area contributed by atoms with Gasteiger partial charge in [-0.2, -0.15) is 0 Å². The second-order valence-corrected chi connectivity index (χ2v) is 11.8. The third kappa shape index (κ3) is 6.56. The molecule has 1 aromatic heterocycles. The lowest BCUT2D eigenvalue weighted by Crippen LogP contribution is -2.25. The van der Waals surface area contributed by atoms with E-state index in [9.17, 15) is 0 Å². The van der Waals surface area contributed by atoms with Gasteiger partial charge in [0.25, 0.3) is 0 Å². The van der Waals surface area contributed by atoms with Crippen LogP contribution in [0.25, 0.3) is 16.8 Å². The van der Waals surface area contributed by atoms with Crippen molar-refractivity contribution in [1.82, 2.24) is 14.5 Å². The summed E-state index contributed by atoms with van der Waals surface area (Å²) in [7, 11) is 2.81. The first-order chi connectivity index (χ1) is 20.2. The molecule has 4 aromatic rings. The van der Waals surface area contributed by atoms with E-state index in [4.69, 9.17) is 9.72 Å². The lowest BCUT2D eigenvalue weighted by atomic mass is 10.1. The maximum Gasteiger partial charge on any atom is 0.140 e. The number of ether oxygens (including phenoxy) is 1. The van der Waals surface area contributed by atoms with Crippen molar-refractivity contribution in [2.45, 2.75) is 65.2 Å². The van der Waals surface area contributed by atoms with Gasteiger partial charge < -0.3 is 9.30 Å². The van der Waals surface area contributed by atoms with Crippen LogP contribution >= 0.6 is 9.24 Å². The molecule has 1 atom stereocenters. The van der Waals surface area contributed by atoms with Gasteiger partial charge >= 0.3 is 0 Å². The monoisotopic (exact) mass is 561 g/mol. The van der Waals surface area contributed by atoms with Crippen molar-refractivity contribution in [2.75, 3.05) is 6.61 Å². The normalized spacial score (nSPS) is 14.3. The lowest BCUT2D eigenvalue weighted by Gasteiger charge is -2.25. The number of hydrogen-bond donors (Lipinski definition) is 0. The highest BCUT2D eigenvalue weighted by atomic mass is 31.0. The Kier molecular flexibility index (Phi) is 8.80. The summed E-state index contributed by atoms with van der Waals surface area (Å²) in [6.45, 7) is 6.53. The summed E-state index contributed by atoms with van der Waals surface area (Å²) >= 11 is 0. The molecule has 4 nitrogen and oxygen atoms in total. The fourth-order valence-electron chi connectivity index (χ4n) is 5.86. The predicted molar refractivity (Wildman–Crippen MR) is 173 cm³/mol. The van der Waals surface area contributed by atoms with E-state index < -0.39 is 0 Å². The van der Waals surface area contributed by atoms with E-state index in [1.54, 1.807) is 0 Å². The molecule has 0 saturated carbocycles. The first kappa shape index (κ1) is 27.7. The molecule has 1 aliphatic carbocycles. The van der Waals surface area contributed by atoms with Gasteiger partial charge in [0.2, 0.25) is 0 Å². The van der Waals surface area contributed by atoms with Gasteiger partial charge in [-0.1, -0.05) is 98.3 Å². The van der Waals surface area contributed by atoms with E-state index in [-0.39, 0.29) is 0 Å². The molecule has 5 heteroatoms. The Balaban J connectivity index is 1.43. The third-order valence-electron chi connectivity index (χ3n) is 8.03. The van der Waals surface area contributed by atoms with Gasteiger partial charge in [-0.3, -0.25) is 4.90 Å². The smallest absolute Gasteiger partial charge is 0.140 e. The molecule has 6 rings (SSSR count). The van der Waals surface area contributed by atoms with Crippen molar-refractivity contribution in [2.24, 2.45) is 0 Å². The number of aromatic nitrogens is 2. The second-order valence-electron chi connectivity index (χ2n) is 11.2. The standard InChI is InChI=1S/C36H40N3OP/c1-2-3-21-39-33(35(30-16-18-32(41)19-17-30)37-36(39)31-12-8-5-9-13-31)26-38(24-27-10-6-4-7-11-27)25-28-14-15-29-20-22-40-34(29)23-28/h4,6-8,10-19,23H,2-3,5,9,20-22,24-26,41H2,1H3. The molecule has 1 aliphatic heterocycles. The lowest BCUT2D eigenvalue weighted by molar-refractivity contribution is 0.240. The number of rotatable bonds is 11. The molecular weight excluding hydrogens is 521 g/mol. The third-order valence-corrected chi connectivity index (χ3v) is 8.42. The van der Waals surface area contributed by atoms with E-state index in [2.05, 4.69) is 117 Å². The Morgan fingerprint density at radius 3 is 2.54 bits per heavy atom. The van der Waals surface area contributed by atoms with Crippen LogP contribution in [0.15, 0.2) is 91.0 Å². The summed E-state index contributed by atoms with van der Waals surface area (Å²) in [5.41, 5.74) is 8.72. The Labute approximate surface area is 247 Å². The molecular formula is C36H40N3OP. The number of imidazole rings is 1. The fraction of sp³-hybridized carbons (Fsp3) is 0.306. The van der Waals surface area contributed by atoms with Crippen LogP contribution in [0.5, 0.6) is 5.75 Å². The Bertz CT molecular complexity index is 1540. The minimum atomic E-state index is 0.786. The van der Waals surface area contributed by atoms with E-state index in [1.807, 2.05) is 0 Å². The molecule has 0 radical (unpaired) electrons. The zero-order valence-electron chi connectivity index (χ0n) is 24.1. The summed E-state index contributed by atoms with van der Waals surface area (Å²) in [5.74, 6) is 2.15. The first-order valence-corrected chi connectivity index (χ1v) is 15.6. The number of fused-ring (bicyclic) bond motifs is 1. The van der Waals surface area contributed by atoms with Crippen molar-refractivity contribution >= 4 is 20.1 Å². The maximum atomic E-state index is 5.93. The highest BCUT2D eigenvalue weighted by Gasteiger charge is 2.23. The quantitative estimate of drug-likeness (QED) is 0.176. The summed E-state index contributed by atoms with van der Waals surface area (Å²) in [4.78, 5) is 7.95. The minimum Gasteiger partial charge on any atom is -0.493 e. The topological polar surface area (TPSA) is 30.3 Å². The zero-order valence-corrected chi connectivity index (χ0v) is 25.2. The number of nitrogens with zero attached hydrogens (tertiary/aromatic N) is 3. The molecule has 0 amide bonds. The molecule has 2 heterocycles. The molecule has 0 fully saturated rings. The van der Waals surface area contributed by atoms with Crippen molar-refractivity contribution in [3.63, 3.8) is 0 Å². The number of allylic oxidation sites excluding steroid dienone is 4. The average molecular weight is 562 g/mol. The average Bonchev–Trinajstić information content (AvgIpc) is 3.62. The van der Waals surface area contributed by atoms with Gasteiger partial charge in [-0.05, 0) is 47.3 Å². The van der Waals surface area contributed by atoms with Gasteiger partial charge in [0.15, 0.2) is 0 Å². The van der Waals surface area contributed by atoms with E-state index >= 15 is 0 Å². The molecule has 3 aromatic carbocycles. The molecule has 2 aliphatic rings. The Morgan fingerprint density at radius 1 is 0.927 bits per heavy atom. The van der Waals surface area contributed by atoms with Crippen LogP contribution in [0.4, 0.5) is 0 Å². The van der Waals surface area contributed by atoms with Gasteiger partial charge in [-0.25, -0.2) is 4.98 Å². The molecule has 0 spiro atoms. The molecule has 1 unspecified atom stereocenters. The van der Waals surface area contributed by atoms with Gasteiger partial charge in [0.1, 0.15) is 11.6 Å². The van der Waals surface area contributed by atoms with Crippen LogP contribution in [0.1, 0.15) is 60.8 Å². The fourth-order valence-corrected chi connectivity index (χ4v) is 6.06. The van der Waals surface area contributed by atoms with Crippen LogP contribution in [0.3, 0.4) is 0 Å². The van der Waals surface area contributed by atoms with Crippen molar-refractivity contribution < 1.29 is 4.74 Å². The van der Waals surface area contributed by atoms with Crippen LogP contribution in [0.2, 0.25) is 0 Å². The van der Waals surface area contributed by atoms with Crippen LogP contribution < -0.4 is 10.0 Å². The largest absolute Gasteiger partial charge is 0.493 e. The molecule has 0 bridgehead atoms. The molecule has 210 valence electrons. The first-order valence-electron chi connectivity index (χ1n) is 15.0. The van der Waals surface area contributed by atoms with E-state index in [1.165, 1.54) is 38.8 Å². The molecule has 41 heavy (non-hydrogen) atoms. The summed E-state index contributed by atoms with van der Waals surface area (Å²) in [6.07, 6.45) is 12.4. The van der Waals surface area contributed by atoms with Crippen LogP contribution in [-0.4, -0.2) is 21.1 Å². The molecule has 0 N–H and O–H groups in total. The summed E-state index contributed by atoms with van der Waals surface area (Å²) in [6, 6.07) is 26.4. The van der Waals surface area contributed by atoms with E-state index in [0.29, 0.717) is 0 Å². The van der Waals surface area contributed by atoms with Crippen LogP contribution in [-0.2, 0) is 32.6 Å². The van der Waals surface area contributed by atoms with Gasteiger partial charge in [0, 0.05) is 43.7 Å². The number of benzene rings is 3. The second kappa shape index (κ2) is 13.0.